The fourth-order valence-corrected chi connectivity index (χ4v) is 3.48. The van der Waals surface area contributed by atoms with Crippen molar-refractivity contribution in [2.45, 2.75) is 12.5 Å². The number of hydrogen-bond donors (Lipinski definition) is 7. The number of carbonyl (C=O) groups excluding carboxylic acids is 1. The van der Waals surface area contributed by atoms with Crippen LogP contribution in [0.25, 0.3) is 22.2 Å². The lowest BCUT2D eigenvalue weighted by Crippen LogP contribution is -2.41. The van der Waals surface area contributed by atoms with E-state index in [0.29, 0.717) is 24.1 Å². The van der Waals surface area contributed by atoms with E-state index < -0.39 is 12.0 Å². The molecule has 9 N–H and O–H groups in total. The zero-order valence-corrected chi connectivity index (χ0v) is 19.6. The number of benzene rings is 2. The molecule has 1 aromatic heterocycles. The van der Waals surface area contributed by atoms with Gasteiger partial charge in [-0.2, -0.15) is 0 Å². The quantitative estimate of drug-likeness (QED) is 0.136. The molecule has 0 radical (unpaired) electrons. The molecule has 9 nitrogen and oxygen atoms in total. The van der Waals surface area contributed by atoms with Crippen LogP contribution in [0, 0.1) is 10.8 Å². The summed E-state index contributed by atoms with van der Waals surface area (Å²) in [5.74, 6) is -0.542. The molecule has 0 saturated carbocycles. The van der Waals surface area contributed by atoms with Gasteiger partial charge in [-0.05, 0) is 23.6 Å². The Morgan fingerprint density at radius 1 is 1.09 bits per heavy atom. The van der Waals surface area contributed by atoms with Crippen LogP contribution in [0.2, 0.25) is 0 Å². The second-order valence-electron chi connectivity index (χ2n) is 7.11. The van der Waals surface area contributed by atoms with Crippen LogP contribution in [-0.4, -0.2) is 54.0 Å². The monoisotopic (exact) mass is 494 g/mol. The van der Waals surface area contributed by atoms with Crippen molar-refractivity contribution in [1.82, 2.24) is 10.3 Å². The van der Waals surface area contributed by atoms with Crippen molar-refractivity contribution in [3.8, 4) is 11.3 Å². The molecule has 3 aromatic rings. The number of fused-ring (bicyclic) bond motifs is 1. The maximum Gasteiger partial charge on any atom is 0.325 e. The smallest absolute Gasteiger partial charge is 0.325 e. The van der Waals surface area contributed by atoms with Crippen LogP contribution < -0.4 is 16.8 Å². The molecule has 178 valence electrons. The van der Waals surface area contributed by atoms with Crippen LogP contribution in [0.5, 0.6) is 0 Å². The number of carbonyl (C=O) groups is 1. The molecule has 0 spiro atoms. The first-order chi connectivity index (χ1) is 14.8. The maximum absolute atomic E-state index is 11.7. The molecule has 0 fully saturated rings. The van der Waals surface area contributed by atoms with E-state index in [1.165, 1.54) is 7.11 Å². The SMILES string of the molecule is COC(=O)C(CO)NCCc1c(-c2ccc(C(=N)N)cc2)[nH]c2cc(C(=N)N)ccc12.Cl.Cl. The van der Waals surface area contributed by atoms with Crippen molar-refractivity contribution in [2.75, 3.05) is 20.3 Å². The van der Waals surface area contributed by atoms with Crippen molar-refractivity contribution >= 4 is 53.4 Å². The summed E-state index contributed by atoms with van der Waals surface area (Å²) in [6.45, 7) is 0.0716. The van der Waals surface area contributed by atoms with Gasteiger partial charge < -0.3 is 31.6 Å². The van der Waals surface area contributed by atoms with Crippen molar-refractivity contribution < 1.29 is 14.6 Å². The van der Waals surface area contributed by atoms with E-state index in [1.807, 2.05) is 24.3 Å². The summed E-state index contributed by atoms with van der Waals surface area (Å²) in [6, 6.07) is 12.1. The zero-order valence-electron chi connectivity index (χ0n) is 18.0. The van der Waals surface area contributed by atoms with Gasteiger partial charge in [-0.3, -0.25) is 15.6 Å². The molecule has 0 amide bonds. The van der Waals surface area contributed by atoms with Crippen molar-refractivity contribution in [1.29, 1.82) is 10.8 Å². The average Bonchev–Trinajstić information content (AvgIpc) is 3.14. The summed E-state index contributed by atoms with van der Waals surface area (Å²) >= 11 is 0. The van der Waals surface area contributed by atoms with Crippen molar-refractivity contribution in [3.63, 3.8) is 0 Å². The third-order valence-corrected chi connectivity index (χ3v) is 5.14. The summed E-state index contributed by atoms with van der Waals surface area (Å²) < 4.78 is 4.69. The molecule has 1 heterocycles. The van der Waals surface area contributed by atoms with Crippen LogP contribution in [-0.2, 0) is 16.0 Å². The number of aliphatic hydroxyl groups excluding tert-OH is 1. The number of nitrogen functional groups attached to an aromatic ring is 2. The van der Waals surface area contributed by atoms with Crippen molar-refractivity contribution in [3.05, 3.63) is 59.2 Å². The number of halogens is 2. The van der Waals surface area contributed by atoms with E-state index in [2.05, 4.69) is 10.3 Å². The topological polar surface area (TPSA) is 174 Å². The number of ether oxygens (including phenoxy) is 1. The molecular weight excluding hydrogens is 467 g/mol. The summed E-state index contributed by atoms with van der Waals surface area (Å²) in [7, 11) is 1.28. The lowest BCUT2D eigenvalue weighted by Gasteiger charge is -2.14. The molecule has 0 aliphatic carbocycles. The van der Waals surface area contributed by atoms with Gasteiger partial charge in [0.15, 0.2) is 0 Å². The number of aliphatic hydroxyl groups is 1. The van der Waals surface area contributed by atoms with E-state index in [9.17, 15) is 9.90 Å². The molecule has 1 unspecified atom stereocenters. The number of aromatic amines is 1. The minimum atomic E-state index is -0.794. The third kappa shape index (κ3) is 6.23. The minimum Gasteiger partial charge on any atom is -0.468 e. The minimum absolute atomic E-state index is 0. The molecule has 3 rings (SSSR count). The Hall–Kier alpha value is -3.11. The van der Waals surface area contributed by atoms with Gasteiger partial charge in [-0.15, -0.1) is 24.8 Å². The highest BCUT2D eigenvalue weighted by molar-refractivity contribution is 6.01. The first-order valence-corrected chi connectivity index (χ1v) is 9.71. The first kappa shape index (κ1) is 27.9. The van der Waals surface area contributed by atoms with Gasteiger partial charge in [0.2, 0.25) is 0 Å². The largest absolute Gasteiger partial charge is 0.468 e. The lowest BCUT2D eigenvalue weighted by atomic mass is 10.0. The van der Waals surface area contributed by atoms with Gasteiger partial charge in [0.25, 0.3) is 0 Å². The Morgan fingerprint density at radius 3 is 2.24 bits per heavy atom. The fraction of sp³-hybridized carbons (Fsp3) is 0.227. The predicted molar refractivity (Wildman–Crippen MR) is 135 cm³/mol. The summed E-state index contributed by atoms with van der Waals surface area (Å²) in [5.41, 5.74) is 16.1. The standard InChI is InChI=1S/C22H26N6O3.2ClH/c1-31-22(30)18(11-29)27-9-8-16-15-7-6-14(21(25)26)10-17(15)28-19(16)12-2-4-13(5-3-12)20(23)24;;/h2-7,10,18,27-29H,8-9,11H2,1H3,(H3,23,24)(H3,25,26);2*1H. The molecule has 0 aliphatic heterocycles. The number of H-pyrrole nitrogens is 1. The Balaban J connectivity index is 0.00000272. The summed E-state index contributed by atoms with van der Waals surface area (Å²) in [6.07, 6.45) is 0.566. The molecule has 0 saturated heterocycles. The zero-order chi connectivity index (χ0) is 22.5. The predicted octanol–water partition coefficient (Wildman–Crippen LogP) is 1.91. The van der Waals surface area contributed by atoms with E-state index in [4.69, 9.17) is 27.0 Å². The third-order valence-electron chi connectivity index (χ3n) is 5.14. The Morgan fingerprint density at radius 2 is 1.70 bits per heavy atom. The van der Waals surface area contributed by atoms with Gasteiger partial charge in [0.1, 0.15) is 17.7 Å². The van der Waals surface area contributed by atoms with E-state index >= 15 is 0 Å². The van der Waals surface area contributed by atoms with E-state index in [1.54, 1.807) is 18.2 Å². The summed E-state index contributed by atoms with van der Waals surface area (Å²) in [5, 5.41) is 28.7. The lowest BCUT2D eigenvalue weighted by molar-refractivity contribution is -0.144. The molecule has 33 heavy (non-hydrogen) atoms. The Labute approximate surface area is 203 Å². The molecule has 2 aromatic carbocycles. The van der Waals surface area contributed by atoms with E-state index in [0.717, 1.165) is 27.7 Å². The number of rotatable bonds is 9. The molecule has 11 heteroatoms. The molecule has 1 atom stereocenters. The highest BCUT2D eigenvalue weighted by Crippen LogP contribution is 2.31. The number of methoxy groups -OCH3 is 1. The highest BCUT2D eigenvalue weighted by atomic mass is 35.5. The van der Waals surface area contributed by atoms with Crippen LogP contribution in [0.4, 0.5) is 0 Å². The van der Waals surface area contributed by atoms with Crippen LogP contribution in [0.15, 0.2) is 42.5 Å². The normalized spacial score (nSPS) is 11.2. The number of esters is 1. The van der Waals surface area contributed by atoms with Crippen molar-refractivity contribution in [2.24, 2.45) is 11.5 Å². The first-order valence-electron chi connectivity index (χ1n) is 9.71. The molecular formula is C22H28Cl2N6O3. The van der Waals surface area contributed by atoms with Crippen LogP contribution in [0.3, 0.4) is 0 Å². The van der Waals surface area contributed by atoms with Gasteiger partial charge in [-0.1, -0.05) is 36.4 Å². The number of aromatic nitrogens is 1. The Bertz CT molecular complexity index is 1130. The van der Waals surface area contributed by atoms with Crippen LogP contribution in [0.1, 0.15) is 16.7 Å². The number of nitrogens with two attached hydrogens (primary N) is 2. The average molecular weight is 495 g/mol. The number of hydrogen-bond acceptors (Lipinski definition) is 6. The maximum atomic E-state index is 11.7. The number of amidine groups is 2. The number of nitrogens with one attached hydrogen (secondary N) is 4. The second kappa shape index (κ2) is 12.2. The second-order valence-corrected chi connectivity index (χ2v) is 7.11. The van der Waals surface area contributed by atoms with Crippen LogP contribution >= 0.6 is 24.8 Å². The van der Waals surface area contributed by atoms with E-state index in [-0.39, 0.29) is 43.1 Å². The molecule has 0 bridgehead atoms. The van der Waals surface area contributed by atoms with Gasteiger partial charge in [0.05, 0.1) is 13.7 Å². The Kier molecular flexibility index (Phi) is 10.3. The summed E-state index contributed by atoms with van der Waals surface area (Å²) in [4.78, 5) is 15.1. The van der Waals surface area contributed by atoms with Gasteiger partial charge in [-0.25, -0.2) is 0 Å². The van der Waals surface area contributed by atoms with Gasteiger partial charge in [0, 0.05) is 34.3 Å². The molecule has 0 aliphatic rings. The highest BCUT2D eigenvalue weighted by Gasteiger charge is 2.19. The fourth-order valence-electron chi connectivity index (χ4n) is 3.48. The van der Waals surface area contributed by atoms with Gasteiger partial charge >= 0.3 is 5.97 Å².